The van der Waals surface area contributed by atoms with Gasteiger partial charge in [-0.2, -0.15) is 9.97 Å². The molecule has 6 rings (SSSR count). The van der Waals surface area contributed by atoms with E-state index in [1.165, 1.54) is 4.57 Å². The number of benzene rings is 1. The monoisotopic (exact) mass is 527 g/mol. The second-order valence-corrected chi connectivity index (χ2v) is 10.1. The molecule has 2 aliphatic heterocycles. The van der Waals surface area contributed by atoms with E-state index in [2.05, 4.69) is 20.6 Å². The number of carbonyl (C=O) groups excluding carboxylic acids is 1. The molecule has 0 radical (unpaired) electrons. The van der Waals surface area contributed by atoms with Crippen molar-refractivity contribution in [1.29, 1.82) is 0 Å². The summed E-state index contributed by atoms with van der Waals surface area (Å²) in [5.41, 5.74) is 1.03. The molecule has 3 fully saturated rings. The van der Waals surface area contributed by atoms with Crippen LogP contribution in [0.5, 0.6) is 0 Å². The number of anilines is 2. The highest BCUT2D eigenvalue weighted by molar-refractivity contribution is 5.78. The van der Waals surface area contributed by atoms with Gasteiger partial charge in [-0.3, -0.25) is 9.36 Å². The maximum atomic E-state index is 14.0. The Kier molecular flexibility index (Phi) is 7.07. The maximum Gasteiger partial charge on any atom is 0.296 e. The first-order valence-corrected chi connectivity index (χ1v) is 13.1. The summed E-state index contributed by atoms with van der Waals surface area (Å²) >= 11 is 0. The molecule has 1 amide bonds. The third-order valence-corrected chi connectivity index (χ3v) is 7.36. The molecule has 202 valence electrons. The van der Waals surface area contributed by atoms with E-state index in [0.717, 1.165) is 25.9 Å². The van der Waals surface area contributed by atoms with E-state index in [9.17, 15) is 13.6 Å². The summed E-state index contributed by atoms with van der Waals surface area (Å²) in [4.78, 5) is 27.9. The zero-order chi connectivity index (χ0) is 26.1. The lowest BCUT2D eigenvalue weighted by molar-refractivity contribution is -0.123. The number of aromatic nitrogens is 4. The summed E-state index contributed by atoms with van der Waals surface area (Å²) in [6.45, 7) is 3.70. The second-order valence-electron chi connectivity index (χ2n) is 10.1. The molecular weight excluding hydrogens is 496 g/mol. The zero-order valence-electron chi connectivity index (χ0n) is 21.0. The van der Waals surface area contributed by atoms with Gasteiger partial charge in [-0.1, -0.05) is 12.1 Å². The van der Waals surface area contributed by atoms with Crippen LogP contribution in [-0.4, -0.2) is 77.0 Å². The Morgan fingerprint density at radius 1 is 1.05 bits per heavy atom. The summed E-state index contributed by atoms with van der Waals surface area (Å²) in [6, 6.07) is 8.93. The van der Waals surface area contributed by atoms with Crippen molar-refractivity contribution in [2.75, 3.05) is 49.7 Å². The number of rotatable bonds is 8. The number of hydrogen-bond donors (Lipinski definition) is 2. The standard InChI is InChI=1S/C26H31F2N7O3/c27-24(28)25-31-19-3-1-2-4-20(19)35(25)22-14-21(32-26(33-22)34-6-9-37-10-7-34)29-17-12-18(13-17)30-23(36)11-16-5-8-38-15-16/h1-4,14,16-18,24H,5-13,15H2,(H,30,36)(H,29,32,33)/t16?,17-,18-. The van der Waals surface area contributed by atoms with Gasteiger partial charge in [0.25, 0.3) is 6.43 Å². The summed E-state index contributed by atoms with van der Waals surface area (Å²) in [6.07, 6.45) is 0.180. The number of imidazole rings is 1. The first-order valence-electron chi connectivity index (χ1n) is 13.1. The average molecular weight is 528 g/mol. The van der Waals surface area contributed by atoms with Gasteiger partial charge in [0.1, 0.15) is 11.6 Å². The van der Waals surface area contributed by atoms with Gasteiger partial charge in [-0.05, 0) is 37.3 Å². The van der Waals surface area contributed by atoms with E-state index in [0.29, 0.717) is 73.9 Å². The van der Waals surface area contributed by atoms with Crippen LogP contribution in [0, 0.1) is 5.92 Å². The number of amides is 1. The molecular formula is C26H31F2N7O3. The first-order chi connectivity index (χ1) is 18.5. The summed E-state index contributed by atoms with van der Waals surface area (Å²) in [7, 11) is 0. The molecule has 1 unspecified atom stereocenters. The molecule has 1 atom stereocenters. The number of morpholine rings is 1. The van der Waals surface area contributed by atoms with E-state index < -0.39 is 6.43 Å². The normalized spacial score (nSPS) is 23.6. The highest BCUT2D eigenvalue weighted by Crippen LogP contribution is 2.30. The molecule has 1 aromatic carbocycles. The topological polar surface area (TPSA) is 106 Å². The third kappa shape index (κ3) is 5.28. The molecule has 12 heteroatoms. The van der Waals surface area contributed by atoms with Gasteiger partial charge < -0.3 is 25.0 Å². The van der Waals surface area contributed by atoms with Crippen LogP contribution in [0.1, 0.15) is 37.9 Å². The number of hydrogen-bond acceptors (Lipinski definition) is 8. The molecule has 2 saturated heterocycles. The largest absolute Gasteiger partial charge is 0.381 e. The Hall–Kier alpha value is -3.38. The van der Waals surface area contributed by atoms with Crippen molar-refractivity contribution < 1.29 is 23.0 Å². The van der Waals surface area contributed by atoms with Crippen LogP contribution in [0.3, 0.4) is 0 Å². The van der Waals surface area contributed by atoms with Crippen molar-refractivity contribution in [2.45, 2.75) is 44.2 Å². The Morgan fingerprint density at radius 3 is 2.63 bits per heavy atom. The quantitative estimate of drug-likeness (QED) is 0.461. The minimum atomic E-state index is -2.77. The lowest BCUT2D eigenvalue weighted by atomic mass is 9.86. The molecule has 1 aliphatic carbocycles. The molecule has 0 bridgehead atoms. The van der Waals surface area contributed by atoms with Crippen molar-refractivity contribution in [1.82, 2.24) is 24.8 Å². The van der Waals surface area contributed by atoms with E-state index >= 15 is 0 Å². The van der Waals surface area contributed by atoms with Crippen LogP contribution < -0.4 is 15.5 Å². The second kappa shape index (κ2) is 10.8. The number of halogens is 2. The van der Waals surface area contributed by atoms with Gasteiger partial charge in [-0.25, -0.2) is 13.8 Å². The molecule has 3 aliphatic rings. The third-order valence-electron chi connectivity index (χ3n) is 7.36. The molecule has 2 aromatic heterocycles. The van der Waals surface area contributed by atoms with E-state index in [1.54, 1.807) is 30.3 Å². The number of carbonyl (C=O) groups is 1. The molecule has 0 spiro atoms. The Bertz CT molecular complexity index is 1290. The minimum Gasteiger partial charge on any atom is -0.381 e. The summed E-state index contributed by atoms with van der Waals surface area (Å²) in [5, 5.41) is 6.54. The number of fused-ring (bicyclic) bond motifs is 1. The van der Waals surface area contributed by atoms with Crippen LogP contribution in [0.15, 0.2) is 30.3 Å². The van der Waals surface area contributed by atoms with Gasteiger partial charge in [0.15, 0.2) is 5.82 Å². The smallest absolute Gasteiger partial charge is 0.296 e. The van der Waals surface area contributed by atoms with Crippen molar-refractivity contribution in [3.8, 4) is 5.82 Å². The van der Waals surface area contributed by atoms with Crippen molar-refractivity contribution >= 4 is 28.7 Å². The molecule has 10 nitrogen and oxygen atoms in total. The molecule has 38 heavy (non-hydrogen) atoms. The van der Waals surface area contributed by atoms with E-state index in [-0.39, 0.29) is 23.8 Å². The highest BCUT2D eigenvalue weighted by atomic mass is 19.3. The van der Waals surface area contributed by atoms with E-state index in [1.807, 2.05) is 4.90 Å². The van der Waals surface area contributed by atoms with Gasteiger partial charge in [0.05, 0.1) is 24.2 Å². The number of para-hydroxylation sites is 2. The van der Waals surface area contributed by atoms with Crippen LogP contribution in [0.2, 0.25) is 0 Å². The molecule has 3 aromatic rings. The number of ether oxygens (including phenoxy) is 2. The number of nitrogens with zero attached hydrogens (tertiary/aromatic N) is 5. The lowest BCUT2D eigenvalue weighted by Gasteiger charge is -2.37. The average Bonchev–Trinajstić information content (AvgIpc) is 3.55. The predicted molar refractivity (Wildman–Crippen MR) is 137 cm³/mol. The zero-order valence-corrected chi connectivity index (χ0v) is 21.0. The van der Waals surface area contributed by atoms with Gasteiger partial charge in [-0.15, -0.1) is 0 Å². The molecule has 2 N–H and O–H groups in total. The SMILES string of the molecule is O=C(CC1CCOC1)N[C@H]1C[C@H](Nc2cc(-n3c(C(F)F)nc4ccccc43)nc(N3CCOCC3)n2)C1. The number of alkyl halides is 2. The fourth-order valence-electron chi connectivity index (χ4n) is 5.30. The van der Waals surface area contributed by atoms with Gasteiger partial charge >= 0.3 is 0 Å². The predicted octanol–water partition coefficient (Wildman–Crippen LogP) is 3.08. The fraction of sp³-hybridized carbons (Fsp3) is 0.538. The minimum absolute atomic E-state index is 0.0643. The lowest BCUT2D eigenvalue weighted by Crippen LogP contribution is -2.50. The Morgan fingerprint density at radius 2 is 1.87 bits per heavy atom. The van der Waals surface area contributed by atoms with Crippen LogP contribution in [0.4, 0.5) is 20.5 Å². The maximum absolute atomic E-state index is 14.0. The molecule has 4 heterocycles. The molecule has 1 saturated carbocycles. The van der Waals surface area contributed by atoms with Crippen LogP contribution >= 0.6 is 0 Å². The van der Waals surface area contributed by atoms with Crippen molar-refractivity contribution in [3.05, 3.63) is 36.2 Å². The highest BCUT2D eigenvalue weighted by Gasteiger charge is 2.32. The van der Waals surface area contributed by atoms with Gasteiger partial charge in [0, 0.05) is 50.9 Å². The van der Waals surface area contributed by atoms with Crippen molar-refractivity contribution in [3.63, 3.8) is 0 Å². The Balaban J connectivity index is 1.22. The van der Waals surface area contributed by atoms with Crippen LogP contribution in [0.25, 0.3) is 16.9 Å². The van der Waals surface area contributed by atoms with Crippen molar-refractivity contribution in [2.24, 2.45) is 5.92 Å². The fourth-order valence-corrected chi connectivity index (χ4v) is 5.30. The van der Waals surface area contributed by atoms with Gasteiger partial charge in [0.2, 0.25) is 11.9 Å². The van der Waals surface area contributed by atoms with E-state index in [4.69, 9.17) is 14.5 Å². The number of nitrogens with one attached hydrogen (secondary N) is 2. The summed E-state index contributed by atoms with van der Waals surface area (Å²) in [5.74, 6) is 1.34. The van der Waals surface area contributed by atoms with Crippen LogP contribution in [-0.2, 0) is 14.3 Å². The first kappa shape index (κ1) is 24.9. The Labute approximate surface area is 218 Å². The summed E-state index contributed by atoms with van der Waals surface area (Å²) < 4.78 is 40.3.